The number of carbonyl (C=O) groups is 2. The number of amides is 2. The first-order chi connectivity index (χ1) is 17.5. The molecule has 0 unspecified atom stereocenters. The molecule has 0 saturated carbocycles. The Labute approximate surface area is 221 Å². The van der Waals surface area contributed by atoms with Gasteiger partial charge in [0, 0.05) is 42.3 Å². The van der Waals surface area contributed by atoms with Crippen molar-refractivity contribution in [1.29, 1.82) is 0 Å². The molecule has 2 amide bonds. The van der Waals surface area contributed by atoms with Gasteiger partial charge in [-0.1, -0.05) is 35.4 Å². The highest BCUT2D eigenvalue weighted by molar-refractivity contribution is 7.10. The zero-order valence-corrected chi connectivity index (χ0v) is 22.2. The Bertz CT molecular complexity index is 1180. The third-order valence-electron chi connectivity index (χ3n) is 6.31. The molecular formula is C28H31ClN2O4S. The molecule has 1 aliphatic heterocycles. The molecule has 2 heterocycles. The molecule has 8 heteroatoms. The first-order valence-electron chi connectivity index (χ1n) is 12.0. The lowest BCUT2D eigenvalue weighted by molar-refractivity contribution is -0.135. The van der Waals surface area contributed by atoms with Gasteiger partial charge in [0.2, 0.25) is 5.91 Å². The van der Waals surface area contributed by atoms with Crippen molar-refractivity contribution in [3.63, 3.8) is 0 Å². The number of methoxy groups -OCH3 is 1. The van der Waals surface area contributed by atoms with Crippen molar-refractivity contribution in [1.82, 2.24) is 9.80 Å². The number of carbonyl (C=O) groups excluding carboxylic acids is 2. The fourth-order valence-corrected chi connectivity index (χ4v) is 5.51. The lowest BCUT2D eigenvalue weighted by atomic mass is 10.0. The minimum Gasteiger partial charge on any atom is -0.491 e. The Kier molecular flexibility index (Phi) is 9.02. The molecule has 0 saturated heterocycles. The number of hydrogen-bond donors (Lipinski definition) is 0. The van der Waals surface area contributed by atoms with Crippen molar-refractivity contribution < 1.29 is 19.1 Å². The van der Waals surface area contributed by atoms with E-state index in [1.165, 1.54) is 4.88 Å². The number of hydrogen-bond acceptors (Lipinski definition) is 5. The van der Waals surface area contributed by atoms with Crippen LogP contribution in [0.4, 0.5) is 0 Å². The highest BCUT2D eigenvalue weighted by atomic mass is 35.5. The Morgan fingerprint density at radius 2 is 1.97 bits per heavy atom. The molecule has 0 aliphatic carbocycles. The Morgan fingerprint density at radius 3 is 2.72 bits per heavy atom. The average molecular weight is 527 g/mol. The lowest BCUT2D eigenvalue weighted by Crippen LogP contribution is -2.48. The van der Waals surface area contributed by atoms with Crippen LogP contribution in [0.1, 0.15) is 38.8 Å². The number of halogens is 1. The van der Waals surface area contributed by atoms with Crippen LogP contribution < -0.4 is 4.74 Å². The highest BCUT2D eigenvalue weighted by Crippen LogP contribution is 2.34. The van der Waals surface area contributed by atoms with Crippen molar-refractivity contribution in [3.05, 3.63) is 86.6 Å². The van der Waals surface area contributed by atoms with Gasteiger partial charge in [0.25, 0.3) is 5.91 Å². The molecular weight excluding hydrogens is 496 g/mol. The molecule has 6 nitrogen and oxygen atoms in total. The second-order valence-electron chi connectivity index (χ2n) is 8.86. The normalized spacial score (nSPS) is 14.9. The van der Waals surface area contributed by atoms with Crippen molar-refractivity contribution in [2.24, 2.45) is 0 Å². The van der Waals surface area contributed by atoms with Gasteiger partial charge in [-0.15, -0.1) is 11.3 Å². The maximum absolute atomic E-state index is 13.7. The number of benzene rings is 2. The van der Waals surface area contributed by atoms with E-state index in [4.69, 9.17) is 21.1 Å². The largest absolute Gasteiger partial charge is 0.491 e. The SMILES string of the molecule is COCCCN(CC(=O)N1CCc2sccc2[C@@H]1COc1ccc(C)cc1)C(=O)c1cccc(Cl)c1. The number of aryl methyl sites for hydroxylation is 1. The first kappa shape index (κ1) is 26.2. The molecule has 3 aromatic rings. The van der Waals surface area contributed by atoms with Gasteiger partial charge in [0.05, 0.1) is 6.04 Å². The molecule has 2 aromatic carbocycles. The van der Waals surface area contributed by atoms with E-state index in [-0.39, 0.29) is 24.4 Å². The molecule has 0 fully saturated rings. The van der Waals surface area contributed by atoms with Crippen LogP contribution in [0.2, 0.25) is 5.02 Å². The van der Waals surface area contributed by atoms with Crippen molar-refractivity contribution in [2.45, 2.75) is 25.8 Å². The van der Waals surface area contributed by atoms with Crippen LogP contribution in [0.25, 0.3) is 0 Å². The fourth-order valence-electron chi connectivity index (χ4n) is 4.39. The summed E-state index contributed by atoms with van der Waals surface area (Å²) in [7, 11) is 1.62. The summed E-state index contributed by atoms with van der Waals surface area (Å²) in [6, 6.07) is 16.6. The van der Waals surface area contributed by atoms with E-state index in [2.05, 4.69) is 11.4 Å². The summed E-state index contributed by atoms with van der Waals surface area (Å²) in [4.78, 5) is 31.7. The molecule has 1 atom stereocenters. The van der Waals surface area contributed by atoms with E-state index >= 15 is 0 Å². The summed E-state index contributed by atoms with van der Waals surface area (Å²) in [5, 5.41) is 2.55. The predicted molar refractivity (Wildman–Crippen MR) is 143 cm³/mol. The van der Waals surface area contributed by atoms with Crippen LogP contribution in [-0.4, -0.2) is 61.6 Å². The van der Waals surface area contributed by atoms with Gasteiger partial charge < -0.3 is 19.3 Å². The number of fused-ring (bicyclic) bond motifs is 1. The second kappa shape index (κ2) is 12.4. The van der Waals surface area contributed by atoms with Gasteiger partial charge in [0.15, 0.2) is 0 Å². The zero-order chi connectivity index (χ0) is 25.5. The van der Waals surface area contributed by atoms with Crippen molar-refractivity contribution in [2.75, 3.05) is 40.0 Å². The van der Waals surface area contributed by atoms with Gasteiger partial charge in [-0.2, -0.15) is 0 Å². The van der Waals surface area contributed by atoms with Crippen LogP contribution in [0.3, 0.4) is 0 Å². The summed E-state index contributed by atoms with van der Waals surface area (Å²) in [6.45, 7) is 3.87. The van der Waals surface area contributed by atoms with E-state index in [1.807, 2.05) is 36.1 Å². The quantitative estimate of drug-likeness (QED) is 0.332. The van der Waals surface area contributed by atoms with Crippen molar-refractivity contribution in [3.8, 4) is 5.75 Å². The number of rotatable bonds is 10. The van der Waals surface area contributed by atoms with Crippen LogP contribution in [-0.2, 0) is 16.0 Å². The van der Waals surface area contributed by atoms with Crippen molar-refractivity contribution >= 4 is 34.8 Å². The topological polar surface area (TPSA) is 59.1 Å². The predicted octanol–water partition coefficient (Wildman–Crippen LogP) is 5.39. The van der Waals surface area contributed by atoms with E-state index < -0.39 is 0 Å². The van der Waals surface area contributed by atoms with Gasteiger partial charge in [0.1, 0.15) is 18.9 Å². The highest BCUT2D eigenvalue weighted by Gasteiger charge is 2.33. The molecule has 4 rings (SSSR count). The van der Waals surface area contributed by atoms with E-state index in [0.29, 0.717) is 43.3 Å². The molecule has 36 heavy (non-hydrogen) atoms. The standard InChI is InChI=1S/C28H31ClN2O4S/c1-20-7-9-23(10-8-20)35-19-25-24-12-16-36-26(24)11-14-31(25)27(32)18-30(13-4-15-34-2)28(33)21-5-3-6-22(29)17-21/h3,5-10,12,16-17,25H,4,11,13-15,18-19H2,1-2H3/t25-/m0/s1. The Hall–Kier alpha value is -2.87. The lowest BCUT2D eigenvalue weighted by Gasteiger charge is -2.37. The number of thiophene rings is 1. The number of ether oxygens (including phenoxy) is 2. The smallest absolute Gasteiger partial charge is 0.254 e. The molecule has 0 spiro atoms. The summed E-state index contributed by atoms with van der Waals surface area (Å²) in [5.41, 5.74) is 2.75. The summed E-state index contributed by atoms with van der Waals surface area (Å²) >= 11 is 7.83. The summed E-state index contributed by atoms with van der Waals surface area (Å²) in [5.74, 6) is 0.451. The molecule has 0 N–H and O–H groups in total. The molecule has 0 bridgehead atoms. The Morgan fingerprint density at radius 1 is 1.17 bits per heavy atom. The average Bonchev–Trinajstić information content (AvgIpc) is 3.36. The van der Waals surface area contributed by atoms with E-state index in [9.17, 15) is 9.59 Å². The first-order valence-corrected chi connectivity index (χ1v) is 13.3. The molecule has 0 radical (unpaired) electrons. The maximum Gasteiger partial charge on any atom is 0.254 e. The maximum atomic E-state index is 13.7. The minimum absolute atomic E-state index is 0.0183. The molecule has 190 valence electrons. The third kappa shape index (κ3) is 6.46. The molecule has 1 aromatic heterocycles. The van der Waals surface area contributed by atoms with Gasteiger partial charge in [-0.05, 0) is 67.1 Å². The van der Waals surface area contributed by atoms with Crippen LogP contribution in [0, 0.1) is 6.92 Å². The van der Waals surface area contributed by atoms with Crippen LogP contribution >= 0.6 is 22.9 Å². The van der Waals surface area contributed by atoms with Gasteiger partial charge in [-0.3, -0.25) is 9.59 Å². The third-order valence-corrected chi connectivity index (χ3v) is 7.54. The molecule has 1 aliphatic rings. The van der Waals surface area contributed by atoms with Crippen LogP contribution in [0.15, 0.2) is 60.0 Å². The van der Waals surface area contributed by atoms with Gasteiger partial charge in [-0.25, -0.2) is 0 Å². The summed E-state index contributed by atoms with van der Waals surface area (Å²) in [6.07, 6.45) is 1.43. The van der Waals surface area contributed by atoms with E-state index in [1.54, 1.807) is 47.6 Å². The van der Waals surface area contributed by atoms with E-state index in [0.717, 1.165) is 23.3 Å². The zero-order valence-electron chi connectivity index (χ0n) is 20.6. The summed E-state index contributed by atoms with van der Waals surface area (Å²) < 4.78 is 11.3. The monoisotopic (exact) mass is 526 g/mol. The van der Waals surface area contributed by atoms with Crippen LogP contribution in [0.5, 0.6) is 5.75 Å². The Balaban J connectivity index is 1.52. The fraction of sp³-hybridized carbons (Fsp3) is 0.357. The minimum atomic E-state index is -0.220. The van der Waals surface area contributed by atoms with Gasteiger partial charge >= 0.3 is 0 Å². The number of nitrogens with zero attached hydrogens (tertiary/aromatic N) is 2. The second-order valence-corrected chi connectivity index (χ2v) is 10.3.